The predicted octanol–water partition coefficient (Wildman–Crippen LogP) is 4.36. The summed E-state index contributed by atoms with van der Waals surface area (Å²) < 4.78 is 0. The second kappa shape index (κ2) is 7.35. The smallest absolute Gasteiger partial charge is 0.0294 e. The van der Waals surface area contributed by atoms with Crippen LogP contribution >= 0.6 is 11.8 Å². The maximum absolute atomic E-state index is 3.77. The van der Waals surface area contributed by atoms with Gasteiger partial charge in [-0.25, -0.2) is 0 Å². The van der Waals surface area contributed by atoms with E-state index in [4.69, 9.17) is 0 Å². The van der Waals surface area contributed by atoms with Crippen LogP contribution in [0.1, 0.15) is 55.8 Å². The van der Waals surface area contributed by atoms with Gasteiger partial charge in [-0.2, -0.15) is 11.8 Å². The summed E-state index contributed by atoms with van der Waals surface area (Å²) in [5.41, 5.74) is 4.63. The lowest BCUT2D eigenvalue weighted by Crippen LogP contribution is -2.33. The van der Waals surface area contributed by atoms with E-state index in [0.29, 0.717) is 12.1 Å². The van der Waals surface area contributed by atoms with Crippen LogP contribution in [0.25, 0.3) is 0 Å². The number of aryl methyl sites for hydroxylation is 2. The molecule has 1 aromatic carbocycles. The van der Waals surface area contributed by atoms with Gasteiger partial charge >= 0.3 is 0 Å². The minimum atomic E-state index is 0.462. The van der Waals surface area contributed by atoms with E-state index in [-0.39, 0.29) is 0 Å². The molecule has 1 aliphatic rings. The Balaban J connectivity index is 2.04. The van der Waals surface area contributed by atoms with Gasteiger partial charge in [-0.05, 0) is 62.0 Å². The summed E-state index contributed by atoms with van der Waals surface area (Å²) in [6.45, 7) is 4.57. The van der Waals surface area contributed by atoms with E-state index in [1.165, 1.54) is 43.4 Å². The van der Waals surface area contributed by atoms with Crippen LogP contribution in [0.4, 0.5) is 0 Å². The van der Waals surface area contributed by atoms with Gasteiger partial charge in [0.25, 0.3) is 0 Å². The van der Waals surface area contributed by atoms with Gasteiger partial charge in [0.2, 0.25) is 0 Å². The van der Waals surface area contributed by atoms with Gasteiger partial charge in [0.05, 0.1) is 0 Å². The van der Waals surface area contributed by atoms with Crippen LogP contribution < -0.4 is 5.32 Å². The van der Waals surface area contributed by atoms with Crippen LogP contribution in [-0.2, 0) is 12.8 Å². The normalized spacial score (nSPS) is 17.8. The third-order valence-electron chi connectivity index (χ3n) is 4.22. The number of hydrogen-bond acceptors (Lipinski definition) is 2. The third-order valence-corrected chi connectivity index (χ3v) is 4.95. The second-order valence-electron chi connectivity index (χ2n) is 5.68. The molecule has 1 aromatic rings. The van der Waals surface area contributed by atoms with Crippen molar-refractivity contribution in [3.8, 4) is 0 Å². The van der Waals surface area contributed by atoms with E-state index in [0.717, 1.165) is 0 Å². The van der Waals surface area contributed by atoms with Gasteiger partial charge < -0.3 is 5.32 Å². The molecule has 2 atom stereocenters. The largest absolute Gasteiger partial charge is 0.307 e. The number of rotatable bonds is 6. The number of fused-ring (bicyclic) bond motifs is 1. The molecule has 1 aliphatic carbocycles. The van der Waals surface area contributed by atoms with E-state index >= 15 is 0 Å². The van der Waals surface area contributed by atoms with Gasteiger partial charge in [-0.3, -0.25) is 0 Å². The lowest BCUT2D eigenvalue weighted by Gasteiger charge is -2.24. The molecule has 0 aromatic heterocycles. The van der Waals surface area contributed by atoms with Gasteiger partial charge in [-0.1, -0.05) is 25.1 Å². The first-order valence-electron chi connectivity index (χ1n) is 7.61. The van der Waals surface area contributed by atoms with Crippen molar-refractivity contribution in [1.29, 1.82) is 0 Å². The molecule has 0 heterocycles. The van der Waals surface area contributed by atoms with E-state index in [1.54, 1.807) is 11.1 Å². The van der Waals surface area contributed by atoms with Crippen molar-refractivity contribution in [2.75, 3.05) is 12.0 Å². The molecule has 19 heavy (non-hydrogen) atoms. The number of thioether (sulfide) groups is 1. The molecular formula is C17H27NS. The van der Waals surface area contributed by atoms with Crippen molar-refractivity contribution in [1.82, 2.24) is 5.32 Å². The van der Waals surface area contributed by atoms with Crippen molar-refractivity contribution in [2.45, 2.75) is 58.0 Å². The molecule has 0 saturated heterocycles. The standard InChI is InChI=1S/C17H27NS/c1-4-17(12-19-3)18-13(2)15-10-9-14-7-5-6-8-16(14)11-15/h9-11,13,17-18H,4-8,12H2,1-3H3. The Morgan fingerprint density at radius 3 is 2.63 bits per heavy atom. The molecule has 1 nitrogen and oxygen atoms in total. The first kappa shape index (κ1) is 14.9. The van der Waals surface area contributed by atoms with Crippen molar-refractivity contribution < 1.29 is 0 Å². The Kier molecular flexibility index (Phi) is 5.77. The first-order chi connectivity index (χ1) is 9.24. The molecule has 2 heteroatoms. The zero-order valence-corrected chi connectivity index (χ0v) is 13.4. The summed E-state index contributed by atoms with van der Waals surface area (Å²) in [4.78, 5) is 0. The summed E-state index contributed by atoms with van der Waals surface area (Å²) in [5, 5.41) is 3.77. The molecule has 0 bridgehead atoms. The summed E-state index contributed by atoms with van der Waals surface area (Å²) in [6, 6.07) is 8.22. The van der Waals surface area contributed by atoms with E-state index in [1.807, 2.05) is 11.8 Å². The average molecular weight is 277 g/mol. The lowest BCUT2D eigenvalue weighted by molar-refractivity contribution is 0.474. The zero-order chi connectivity index (χ0) is 13.7. The van der Waals surface area contributed by atoms with Crippen molar-refractivity contribution in [3.63, 3.8) is 0 Å². The summed E-state index contributed by atoms with van der Waals surface area (Å²) in [7, 11) is 0. The fraction of sp³-hybridized carbons (Fsp3) is 0.647. The monoisotopic (exact) mass is 277 g/mol. The van der Waals surface area contributed by atoms with E-state index in [2.05, 4.69) is 43.6 Å². The Morgan fingerprint density at radius 2 is 1.95 bits per heavy atom. The number of hydrogen-bond donors (Lipinski definition) is 1. The molecule has 2 rings (SSSR count). The molecule has 0 aliphatic heterocycles. The van der Waals surface area contributed by atoms with Crippen molar-refractivity contribution in [2.24, 2.45) is 0 Å². The zero-order valence-electron chi connectivity index (χ0n) is 12.5. The average Bonchev–Trinajstić information content (AvgIpc) is 2.46. The maximum atomic E-state index is 3.77. The number of benzene rings is 1. The fourth-order valence-electron chi connectivity index (χ4n) is 2.96. The second-order valence-corrected chi connectivity index (χ2v) is 6.59. The minimum Gasteiger partial charge on any atom is -0.307 e. The topological polar surface area (TPSA) is 12.0 Å². The molecular weight excluding hydrogens is 250 g/mol. The minimum absolute atomic E-state index is 0.462. The van der Waals surface area contributed by atoms with Crippen molar-refractivity contribution >= 4 is 11.8 Å². The van der Waals surface area contributed by atoms with Crippen LogP contribution in [0.5, 0.6) is 0 Å². The van der Waals surface area contributed by atoms with Gasteiger partial charge in [0, 0.05) is 17.8 Å². The van der Waals surface area contributed by atoms with E-state index < -0.39 is 0 Å². The highest BCUT2D eigenvalue weighted by Crippen LogP contribution is 2.25. The number of nitrogens with one attached hydrogen (secondary N) is 1. The first-order valence-corrected chi connectivity index (χ1v) is 9.00. The van der Waals surface area contributed by atoms with Crippen LogP contribution in [0.2, 0.25) is 0 Å². The van der Waals surface area contributed by atoms with Gasteiger partial charge in [0.1, 0.15) is 0 Å². The summed E-state index contributed by atoms with van der Waals surface area (Å²) in [5.74, 6) is 1.20. The van der Waals surface area contributed by atoms with Gasteiger partial charge in [-0.15, -0.1) is 0 Å². The van der Waals surface area contributed by atoms with Crippen LogP contribution in [0.15, 0.2) is 18.2 Å². The molecule has 0 amide bonds. The highest BCUT2D eigenvalue weighted by atomic mass is 32.2. The Morgan fingerprint density at radius 1 is 1.21 bits per heavy atom. The van der Waals surface area contributed by atoms with E-state index in [9.17, 15) is 0 Å². The molecule has 0 spiro atoms. The Labute approximate surface area is 122 Å². The highest BCUT2D eigenvalue weighted by molar-refractivity contribution is 7.98. The molecule has 106 valence electrons. The van der Waals surface area contributed by atoms with Crippen LogP contribution in [0, 0.1) is 0 Å². The molecule has 0 radical (unpaired) electrons. The summed E-state index contributed by atoms with van der Waals surface area (Å²) >= 11 is 1.93. The Hall–Kier alpha value is -0.470. The van der Waals surface area contributed by atoms with Crippen molar-refractivity contribution in [3.05, 3.63) is 34.9 Å². The predicted molar refractivity (Wildman–Crippen MR) is 87.1 cm³/mol. The quantitative estimate of drug-likeness (QED) is 0.829. The van der Waals surface area contributed by atoms with Crippen LogP contribution in [0.3, 0.4) is 0 Å². The van der Waals surface area contributed by atoms with Gasteiger partial charge in [0.15, 0.2) is 0 Å². The molecule has 0 saturated carbocycles. The third kappa shape index (κ3) is 4.00. The maximum Gasteiger partial charge on any atom is 0.0294 e. The molecule has 2 unspecified atom stereocenters. The Bertz CT molecular complexity index is 402. The summed E-state index contributed by atoms with van der Waals surface area (Å²) in [6.07, 6.45) is 8.68. The molecule has 1 N–H and O–H groups in total. The van der Waals surface area contributed by atoms with Crippen LogP contribution in [-0.4, -0.2) is 18.1 Å². The SMILES string of the molecule is CCC(CSC)NC(C)c1ccc2c(c1)CCCC2. The fourth-order valence-corrected chi connectivity index (χ4v) is 3.69. The molecule has 0 fully saturated rings. The lowest BCUT2D eigenvalue weighted by atomic mass is 9.89. The highest BCUT2D eigenvalue weighted by Gasteiger charge is 2.14.